The van der Waals surface area contributed by atoms with E-state index in [4.69, 9.17) is 25.4 Å². The number of hydrogen-bond donors (Lipinski definition) is 0. The number of rotatable bonds is 7. The number of fused-ring (bicyclic) bond motifs is 1. The average molecular weight is 402 g/mol. The van der Waals surface area contributed by atoms with Crippen molar-refractivity contribution in [3.8, 4) is 18.1 Å². The Morgan fingerprint density at radius 1 is 1.07 bits per heavy atom. The topological polar surface area (TPSA) is 36.9 Å². The van der Waals surface area contributed by atoms with Gasteiger partial charge in [0.15, 0.2) is 0 Å². The molecule has 3 aromatic carbocycles. The van der Waals surface area contributed by atoms with Gasteiger partial charge in [-0.05, 0) is 40.1 Å². The zero-order valence-corrected chi connectivity index (χ0v) is 17.2. The second kappa shape index (κ2) is 9.32. The molecule has 0 aromatic heterocycles. The van der Waals surface area contributed by atoms with E-state index in [2.05, 4.69) is 36.3 Å². The van der Waals surface area contributed by atoms with E-state index in [-0.39, 0.29) is 12.7 Å². The molecule has 30 heavy (non-hydrogen) atoms. The summed E-state index contributed by atoms with van der Waals surface area (Å²) in [6.45, 7) is 1.76. The SMILES string of the molecule is C#CCOC1COCCC1(OC)c1cccc(OCc2ccc3ccccc3c2)c1. The van der Waals surface area contributed by atoms with Crippen LogP contribution in [-0.4, -0.2) is 33.0 Å². The van der Waals surface area contributed by atoms with Crippen LogP contribution in [0, 0.1) is 12.3 Å². The van der Waals surface area contributed by atoms with Gasteiger partial charge in [-0.3, -0.25) is 0 Å². The van der Waals surface area contributed by atoms with Gasteiger partial charge in [0.05, 0.1) is 6.61 Å². The quantitative estimate of drug-likeness (QED) is 0.537. The first kappa shape index (κ1) is 20.4. The molecule has 0 aliphatic carbocycles. The van der Waals surface area contributed by atoms with Crippen molar-refractivity contribution in [3.05, 3.63) is 77.9 Å². The molecule has 0 N–H and O–H groups in total. The van der Waals surface area contributed by atoms with Crippen LogP contribution >= 0.6 is 0 Å². The van der Waals surface area contributed by atoms with E-state index in [0.717, 1.165) is 16.9 Å². The summed E-state index contributed by atoms with van der Waals surface area (Å²) in [5.41, 5.74) is 1.52. The van der Waals surface area contributed by atoms with Crippen LogP contribution < -0.4 is 4.74 Å². The van der Waals surface area contributed by atoms with Gasteiger partial charge in [0.25, 0.3) is 0 Å². The summed E-state index contributed by atoms with van der Waals surface area (Å²) in [4.78, 5) is 0. The van der Waals surface area contributed by atoms with Gasteiger partial charge >= 0.3 is 0 Å². The lowest BCUT2D eigenvalue weighted by Gasteiger charge is -2.42. The van der Waals surface area contributed by atoms with Crippen molar-refractivity contribution >= 4 is 10.8 Å². The highest BCUT2D eigenvalue weighted by molar-refractivity contribution is 5.82. The largest absolute Gasteiger partial charge is 0.489 e. The molecule has 1 aliphatic rings. The predicted molar refractivity (Wildman–Crippen MR) is 117 cm³/mol. The third-order valence-corrected chi connectivity index (χ3v) is 5.68. The molecule has 4 rings (SSSR count). The fraction of sp³-hybridized carbons (Fsp3) is 0.308. The second-order valence-electron chi connectivity index (χ2n) is 7.42. The van der Waals surface area contributed by atoms with Crippen LogP contribution in [0.1, 0.15) is 17.5 Å². The molecular formula is C26H26O4. The average Bonchev–Trinajstić information content (AvgIpc) is 2.81. The van der Waals surface area contributed by atoms with Crippen LogP contribution in [-0.2, 0) is 26.4 Å². The lowest BCUT2D eigenvalue weighted by Crippen LogP contribution is -2.50. The van der Waals surface area contributed by atoms with E-state index < -0.39 is 5.60 Å². The summed E-state index contributed by atoms with van der Waals surface area (Å²) >= 11 is 0. The Hall–Kier alpha value is -2.84. The molecular weight excluding hydrogens is 376 g/mol. The molecule has 1 fully saturated rings. The molecule has 3 aromatic rings. The molecule has 0 amide bonds. The Labute approximate surface area is 177 Å². The van der Waals surface area contributed by atoms with E-state index in [1.165, 1.54) is 10.8 Å². The Morgan fingerprint density at radius 3 is 2.77 bits per heavy atom. The van der Waals surface area contributed by atoms with Crippen molar-refractivity contribution in [2.45, 2.75) is 24.7 Å². The molecule has 0 saturated carbocycles. The first-order valence-electron chi connectivity index (χ1n) is 10.1. The summed E-state index contributed by atoms with van der Waals surface area (Å²) in [6.07, 6.45) is 5.80. The maximum Gasteiger partial charge on any atom is 0.123 e. The molecule has 1 saturated heterocycles. The molecule has 4 heteroatoms. The fourth-order valence-corrected chi connectivity index (χ4v) is 4.07. The molecule has 154 valence electrons. The first-order chi connectivity index (χ1) is 14.7. The van der Waals surface area contributed by atoms with Gasteiger partial charge in [0, 0.05) is 20.1 Å². The van der Waals surface area contributed by atoms with Crippen LogP contribution in [0.5, 0.6) is 5.75 Å². The van der Waals surface area contributed by atoms with Crippen LogP contribution in [0.2, 0.25) is 0 Å². The summed E-state index contributed by atoms with van der Waals surface area (Å²) in [5, 5.41) is 2.43. The predicted octanol–water partition coefficient (Wildman–Crippen LogP) is 4.70. The van der Waals surface area contributed by atoms with Crippen molar-refractivity contribution in [3.63, 3.8) is 0 Å². The highest BCUT2D eigenvalue weighted by Gasteiger charge is 2.44. The molecule has 0 radical (unpaired) electrons. The summed E-state index contributed by atoms with van der Waals surface area (Å²) < 4.78 is 23.6. The standard InChI is InChI=1S/C26H26O4/c1-3-14-29-25-19-28-15-13-26(25,27-2)23-9-6-10-24(17-23)30-18-20-11-12-21-7-4-5-8-22(21)16-20/h1,4-12,16-17,25H,13-15,18-19H2,2H3. The summed E-state index contributed by atoms with van der Waals surface area (Å²) in [5.74, 6) is 3.32. The Kier molecular flexibility index (Phi) is 6.35. The van der Waals surface area contributed by atoms with Crippen molar-refractivity contribution in [1.29, 1.82) is 0 Å². The van der Waals surface area contributed by atoms with Gasteiger partial charge in [-0.1, -0.05) is 54.5 Å². The first-order valence-corrected chi connectivity index (χ1v) is 10.1. The molecule has 1 heterocycles. The summed E-state index contributed by atoms with van der Waals surface area (Å²) in [7, 11) is 1.71. The monoisotopic (exact) mass is 402 g/mol. The lowest BCUT2D eigenvalue weighted by molar-refractivity contribution is -0.191. The van der Waals surface area contributed by atoms with E-state index >= 15 is 0 Å². The number of terminal acetylenes is 1. The fourth-order valence-electron chi connectivity index (χ4n) is 4.07. The molecule has 1 aliphatic heterocycles. The zero-order chi connectivity index (χ0) is 20.8. The molecule has 2 atom stereocenters. The van der Waals surface area contributed by atoms with Gasteiger partial charge in [-0.2, -0.15) is 0 Å². The third kappa shape index (κ3) is 4.20. The minimum Gasteiger partial charge on any atom is -0.489 e. The Morgan fingerprint density at radius 2 is 1.93 bits per heavy atom. The number of ether oxygens (including phenoxy) is 4. The van der Waals surface area contributed by atoms with Gasteiger partial charge in [-0.15, -0.1) is 6.42 Å². The molecule has 0 bridgehead atoms. The molecule has 4 nitrogen and oxygen atoms in total. The number of hydrogen-bond acceptors (Lipinski definition) is 4. The number of methoxy groups -OCH3 is 1. The van der Waals surface area contributed by atoms with E-state index in [1.54, 1.807) is 7.11 Å². The van der Waals surface area contributed by atoms with E-state index in [0.29, 0.717) is 26.2 Å². The lowest BCUT2D eigenvalue weighted by atomic mass is 9.83. The van der Waals surface area contributed by atoms with Gasteiger partial charge in [0.1, 0.15) is 30.7 Å². The Bertz CT molecular complexity index is 1040. The minimum atomic E-state index is -0.614. The van der Waals surface area contributed by atoms with E-state index in [9.17, 15) is 0 Å². The molecule has 2 unspecified atom stereocenters. The minimum absolute atomic E-state index is 0.220. The van der Waals surface area contributed by atoms with Crippen LogP contribution in [0.25, 0.3) is 10.8 Å². The van der Waals surface area contributed by atoms with Crippen LogP contribution in [0.15, 0.2) is 66.7 Å². The van der Waals surface area contributed by atoms with E-state index in [1.807, 2.05) is 36.4 Å². The second-order valence-corrected chi connectivity index (χ2v) is 7.42. The third-order valence-electron chi connectivity index (χ3n) is 5.68. The van der Waals surface area contributed by atoms with Gasteiger partial charge in [0.2, 0.25) is 0 Å². The maximum atomic E-state index is 6.12. The van der Waals surface area contributed by atoms with Crippen molar-refractivity contribution < 1.29 is 18.9 Å². The van der Waals surface area contributed by atoms with Crippen LogP contribution in [0.3, 0.4) is 0 Å². The van der Waals surface area contributed by atoms with Crippen molar-refractivity contribution in [1.82, 2.24) is 0 Å². The highest BCUT2D eigenvalue weighted by atomic mass is 16.6. The van der Waals surface area contributed by atoms with Crippen molar-refractivity contribution in [2.24, 2.45) is 0 Å². The smallest absolute Gasteiger partial charge is 0.123 e. The zero-order valence-electron chi connectivity index (χ0n) is 17.2. The molecule has 0 spiro atoms. The van der Waals surface area contributed by atoms with Gasteiger partial charge in [-0.25, -0.2) is 0 Å². The number of benzene rings is 3. The van der Waals surface area contributed by atoms with Gasteiger partial charge < -0.3 is 18.9 Å². The summed E-state index contributed by atoms with van der Waals surface area (Å²) in [6, 6.07) is 22.7. The maximum absolute atomic E-state index is 6.12. The highest BCUT2D eigenvalue weighted by Crippen LogP contribution is 2.38. The van der Waals surface area contributed by atoms with Crippen LogP contribution in [0.4, 0.5) is 0 Å². The van der Waals surface area contributed by atoms with Crippen molar-refractivity contribution in [2.75, 3.05) is 26.9 Å². The normalized spacial score (nSPS) is 21.3. The Balaban J connectivity index is 1.54.